The normalized spacial score (nSPS) is 18.1. The second kappa shape index (κ2) is 4.52. The monoisotopic (exact) mass is 246 g/mol. The molecule has 1 amide bonds. The maximum absolute atomic E-state index is 11.7. The van der Waals surface area contributed by atoms with Crippen LogP contribution in [0.5, 0.6) is 0 Å². The number of amides is 1. The highest BCUT2D eigenvalue weighted by atomic mass is 16.5. The van der Waals surface area contributed by atoms with Gasteiger partial charge in [0, 0.05) is 25.3 Å². The molecule has 0 bridgehead atoms. The van der Waals surface area contributed by atoms with Crippen molar-refractivity contribution in [2.75, 3.05) is 36.5 Å². The molecule has 2 aliphatic rings. The lowest BCUT2D eigenvalue weighted by molar-refractivity contribution is 0.179. The number of methoxy groups -OCH3 is 1. The van der Waals surface area contributed by atoms with Crippen LogP contribution in [0.2, 0.25) is 0 Å². The quantitative estimate of drug-likeness (QED) is 0.763. The minimum atomic E-state index is -0.257. The van der Waals surface area contributed by atoms with Gasteiger partial charge in [0.05, 0.1) is 12.8 Å². The van der Waals surface area contributed by atoms with Crippen molar-refractivity contribution in [3.63, 3.8) is 0 Å². The Morgan fingerprint density at radius 2 is 2.00 bits per heavy atom. The van der Waals surface area contributed by atoms with Gasteiger partial charge in [-0.15, -0.1) is 0 Å². The van der Waals surface area contributed by atoms with Gasteiger partial charge in [-0.1, -0.05) is 6.07 Å². The van der Waals surface area contributed by atoms with Crippen molar-refractivity contribution in [3.8, 4) is 0 Å². The predicted molar refractivity (Wildman–Crippen MR) is 71.3 cm³/mol. The van der Waals surface area contributed by atoms with Crippen LogP contribution in [0.3, 0.4) is 0 Å². The number of hydrogen-bond donors (Lipinski definition) is 0. The fourth-order valence-corrected chi connectivity index (χ4v) is 2.84. The molecule has 4 nitrogen and oxygen atoms in total. The van der Waals surface area contributed by atoms with Crippen LogP contribution in [-0.4, -0.2) is 32.8 Å². The molecule has 0 unspecified atom stereocenters. The smallest absolute Gasteiger partial charge is 0.414 e. The zero-order valence-corrected chi connectivity index (χ0v) is 10.7. The van der Waals surface area contributed by atoms with Crippen LogP contribution in [0.1, 0.15) is 18.4 Å². The standard InChI is InChI=1S/C14H18N2O2/c1-18-14(17)16-9-6-11-4-5-12(10-13(11)16)15-7-2-3-8-15/h4-5,10H,2-3,6-9H2,1H3. The number of carbonyl (C=O) groups excluding carboxylic acids is 1. The molecule has 2 heterocycles. The molecule has 0 radical (unpaired) electrons. The summed E-state index contributed by atoms with van der Waals surface area (Å²) < 4.78 is 4.83. The fraction of sp³-hybridized carbons (Fsp3) is 0.500. The summed E-state index contributed by atoms with van der Waals surface area (Å²) in [6.45, 7) is 2.97. The topological polar surface area (TPSA) is 32.8 Å². The van der Waals surface area contributed by atoms with Crippen LogP contribution in [0.4, 0.5) is 16.2 Å². The van der Waals surface area contributed by atoms with Crippen LogP contribution in [-0.2, 0) is 11.2 Å². The van der Waals surface area contributed by atoms with E-state index in [1.165, 1.54) is 31.2 Å². The van der Waals surface area contributed by atoms with Crippen molar-refractivity contribution in [2.45, 2.75) is 19.3 Å². The van der Waals surface area contributed by atoms with E-state index < -0.39 is 0 Å². The molecule has 0 aromatic heterocycles. The van der Waals surface area contributed by atoms with E-state index in [-0.39, 0.29) is 6.09 Å². The molecule has 0 atom stereocenters. The minimum absolute atomic E-state index is 0.257. The summed E-state index contributed by atoms with van der Waals surface area (Å²) in [7, 11) is 1.44. The van der Waals surface area contributed by atoms with Gasteiger partial charge in [0.25, 0.3) is 0 Å². The highest BCUT2D eigenvalue weighted by molar-refractivity contribution is 5.91. The van der Waals surface area contributed by atoms with Crippen LogP contribution in [0, 0.1) is 0 Å². The third-order valence-electron chi connectivity index (χ3n) is 3.83. The van der Waals surface area contributed by atoms with E-state index in [1.807, 2.05) is 0 Å². The first-order valence-corrected chi connectivity index (χ1v) is 6.53. The molecule has 1 aromatic carbocycles. The second-order valence-corrected chi connectivity index (χ2v) is 4.88. The van der Waals surface area contributed by atoms with Crippen molar-refractivity contribution in [1.82, 2.24) is 0 Å². The molecule has 18 heavy (non-hydrogen) atoms. The fourth-order valence-electron chi connectivity index (χ4n) is 2.84. The molecule has 1 saturated heterocycles. The van der Waals surface area contributed by atoms with Crippen LogP contribution in [0.25, 0.3) is 0 Å². The molecule has 3 rings (SSSR count). The maximum atomic E-state index is 11.7. The highest BCUT2D eigenvalue weighted by Crippen LogP contribution is 2.33. The molecule has 0 saturated carbocycles. The van der Waals surface area contributed by atoms with Crippen molar-refractivity contribution in [1.29, 1.82) is 0 Å². The molecule has 0 N–H and O–H groups in total. The molecule has 1 fully saturated rings. The van der Waals surface area contributed by atoms with E-state index in [0.717, 1.165) is 31.7 Å². The number of ether oxygens (including phenoxy) is 1. The average molecular weight is 246 g/mol. The zero-order chi connectivity index (χ0) is 12.5. The largest absolute Gasteiger partial charge is 0.452 e. The SMILES string of the molecule is COC(=O)N1CCc2ccc(N3CCCC3)cc21. The Morgan fingerprint density at radius 1 is 1.22 bits per heavy atom. The van der Waals surface area contributed by atoms with Gasteiger partial charge >= 0.3 is 6.09 Å². The average Bonchev–Trinajstić information content (AvgIpc) is 3.06. The summed E-state index contributed by atoms with van der Waals surface area (Å²) in [6.07, 6.45) is 3.19. The molecule has 0 aliphatic carbocycles. The Kier molecular flexibility index (Phi) is 2.86. The number of fused-ring (bicyclic) bond motifs is 1. The number of nitrogens with zero attached hydrogens (tertiary/aromatic N) is 2. The summed E-state index contributed by atoms with van der Waals surface area (Å²) in [6, 6.07) is 6.45. The zero-order valence-electron chi connectivity index (χ0n) is 10.7. The summed E-state index contributed by atoms with van der Waals surface area (Å²) in [5, 5.41) is 0. The van der Waals surface area contributed by atoms with Crippen molar-refractivity contribution >= 4 is 17.5 Å². The Balaban J connectivity index is 1.91. The van der Waals surface area contributed by atoms with E-state index in [9.17, 15) is 4.79 Å². The molecule has 2 aliphatic heterocycles. The lowest BCUT2D eigenvalue weighted by atomic mass is 10.1. The van der Waals surface area contributed by atoms with Gasteiger partial charge in [0.15, 0.2) is 0 Å². The van der Waals surface area contributed by atoms with Gasteiger partial charge in [0.1, 0.15) is 0 Å². The molecular formula is C14H18N2O2. The van der Waals surface area contributed by atoms with E-state index in [2.05, 4.69) is 23.1 Å². The lowest BCUT2D eigenvalue weighted by Crippen LogP contribution is -2.28. The number of benzene rings is 1. The maximum Gasteiger partial charge on any atom is 0.414 e. The minimum Gasteiger partial charge on any atom is -0.452 e. The Labute approximate surface area is 107 Å². The van der Waals surface area contributed by atoms with E-state index in [4.69, 9.17) is 4.74 Å². The van der Waals surface area contributed by atoms with Crippen LogP contribution >= 0.6 is 0 Å². The van der Waals surface area contributed by atoms with Gasteiger partial charge < -0.3 is 9.64 Å². The molecule has 4 heteroatoms. The first-order valence-electron chi connectivity index (χ1n) is 6.53. The summed E-state index contributed by atoms with van der Waals surface area (Å²) >= 11 is 0. The number of carbonyl (C=O) groups is 1. The Hall–Kier alpha value is -1.71. The molecule has 0 spiro atoms. The number of hydrogen-bond acceptors (Lipinski definition) is 3. The Morgan fingerprint density at radius 3 is 2.72 bits per heavy atom. The van der Waals surface area contributed by atoms with Gasteiger partial charge in [0.2, 0.25) is 0 Å². The number of anilines is 2. The lowest BCUT2D eigenvalue weighted by Gasteiger charge is -2.21. The summed E-state index contributed by atoms with van der Waals surface area (Å²) in [5.74, 6) is 0. The third kappa shape index (κ3) is 1.82. The third-order valence-corrected chi connectivity index (χ3v) is 3.83. The number of rotatable bonds is 1. The highest BCUT2D eigenvalue weighted by Gasteiger charge is 2.26. The molecular weight excluding hydrogens is 228 g/mol. The first kappa shape index (κ1) is 11.4. The van der Waals surface area contributed by atoms with Crippen LogP contribution in [0.15, 0.2) is 18.2 Å². The second-order valence-electron chi connectivity index (χ2n) is 4.88. The van der Waals surface area contributed by atoms with Gasteiger partial charge in [-0.25, -0.2) is 4.79 Å². The van der Waals surface area contributed by atoms with Crippen molar-refractivity contribution < 1.29 is 9.53 Å². The van der Waals surface area contributed by atoms with Crippen molar-refractivity contribution in [3.05, 3.63) is 23.8 Å². The van der Waals surface area contributed by atoms with Crippen molar-refractivity contribution in [2.24, 2.45) is 0 Å². The molecule has 96 valence electrons. The molecule has 1 aromatic rings. The van der Waals surface area contributed by atoms with E-state index >= 15 is 0 Å². The van der Waals surface area contributed by atoms with E-state index in [1.54, 1.807) is 4.90 Å². The van der Waals surface area contributed by atoms with Gasteiger partial charge in [-0.3, -0.25) is 4.90 Å². The van der Waals surface area contributed by atoms with Crippen LogP contribution < -0.4 is 9.80 Å². The Bertz CT molecular complexity index is 467. The summed E-state index contributed by atoms with van der Waals surface area (Å²) in [5.41, 5.74) is 3.48. The first-order chi connectivity index (χ1) is 8.79. The predicted octanol–water partition coefficient (Wildman–Crippen LogP) is 2.42. The van der Waals surface area contributed by atoms with E-state index in [0.29, 0.717) is 0 Å². The summed E-state index contributed by atoms with van der Waals surface area (Å²) in [4.78, 5) is 15.8. The van der Waals surface area contributed by atoms with Gasteiger partial charge in [-0.2, -0.15) is 0 Å². The van der Waals surface area contributed by atoms with Gasteiger partial charge in [-0.05, 0) is 37.0 Å².